The summed E-state index contributed by atoms with van der Waals surface area (Å²) in [5.41, 5.74) is 0. The molecule has 4 nitrogen and oxygen atoms in total. The zero-order chi connectivity index (χ0) is 13.8. The third-order valence-corrected chi connectivity index (χ3v) is 4.91. The van der Waals surface area contributed by atoms with Crippen molar-refractivity contribution >= 4 is 15.9 Å². The summed E-state index contributed by atoms with van der Waals surface area (Å²) in [4.78, 5) is 7.47. The van der Waals surface area contributed by atoms with Gasteiger partial charge in [-0.25, -0.2) is 9.67 Å². The van der Waals surface area contributed by atoms with Crippen molar-refractivity contribution in [1.29, 1.82) is 0 Å². The molecule has 0 aliphatic heterocycles. The first kappa shape index (κ1) is 15.0. The van der Waals surface area contributed by atoms with Crippen molar-refractivity contribution in [2.75, 3.05) is 7.05 Å². The van der Waals surface area contributed by atoms with Gasteiger partial charge in [-0.15, -0.1) is 0 Å². The van der Waals surface area contributed by atoms with Gasteiger partial charge in [0.15, 0.2) is 0 Å². The monoisotopic (exact) mass is 328 g/mol. The lowest BCUT2D eigenvalue weighted by molar-refractivity contribution is 0.185. The molecule has 1 saturated carbocycles. The second-order valence-corrected chi connectivity index (χ2v) is 7.21. The van der Waals surface area contributed by atoms with Gasteiger partial charge >= 0.3 is 0 Å². The van der Waals surface area contributed by atoms with Crippen LogP contribution in [0.4, 0.5) is 0 Å². The van der Waals surface area contributed by atoms with Crippen LogP contribution in [-0.2, 0) is 13.1 Å². The van der Waals surface area contributed by atoms with Crippen LogP contribution in [0.3, 0.4) is 0 Å². The van der Waals surface area contributed by atoms with Crippen molar-refractivity contribution in [3.05, 3.63) is 12.2 Å². The molecule has 1 aromatic heterocycles. The van der Waals surface area contributed by atoms with Gasteiger partial charge in [0.1, 0.15) is 12.2 Å². The minimum atomic E-state index is 0.601. The summed E-state index contributed by atoms with van der Waals surface area (Å²) >= 11 is 3.83. The van der Waals surface area contributed by atoms with Crippen LogP contribution in [0.5, 0.6) is 0 Å². The predicted octanol–water partition coefficient (Wildman–Crippen LogP) is 3.07. The Labute approximate surface area is 124 Å². The van der Waals surface area contributed by atoms with E-state index in [-0.39, 0.29) is 0 Å². The van der Waals surface area contributed by atoms with Crippen molar-refractivity contribution in [2.45, 2.75) is 63.5 Å². The fourth-order valence-electron chi connectivity index (χ4n) is 2.81. The van der Waals surface area contributed by atoms with E-state index in [1.54, 1.807) is 6.33 Å². The molecule has 0 aromatic carbocycles. The normalized spacial score (nSPS) is 24.3. The van der Waals surface area contributed by atoms with Gasteiger partial charge in [-0.3, -0.25) is 4.90 Å². The molecular formula is C14H25BrN4. The van der Waals surface area contributed by atoms with Crippen LogP contribution in [0.25, 0.3) is 0 Å². The molecule has 108 valence electrons. The molecule has 2 rings (SSSR count). The molecule has 1 fully saturated rings. The average Bonchev–Trinajstić information content (AvgIpc) is 2.76. The molecule has 0 amide bonds. The van der Waals surface area contributed by atoms with Gasteiger partial charge < -0.3 is 0 Å². The first-order valence-electron chi connectivity index (χ1n) is 7.29. The second-order valence-electron chi connectivity index (χ2n) is 6.04. The van der Waals surface area contributed by atoms with Gasteiger partial charge in [0.2, 0.25) is 0 Å². The summed E-state index contributed by atoms with van der Waals surface area (Å²) in [5.74, 6) is 1.69. The van der Waals surface area contributed by atoms with E-state index < -0.39 is 0 Å². The molecule has 5 heteroatoms. The fourth-order valence-corrected chi connectivity index (χ4v) is 3.80. The molecule has 0 saturated heterocycles. The molecule has 0 radical (unpaired) electrons. The van der Waals surface area contributed by atoms with E-state index in [4.69, 9.17) is 0 Å². The highest BCUT2D eigenvalue weighted by Gasteiger charge is 2.27. The third kappa shape index (κ3) is 4.02. The minimum absolute atomic E-state index is 0.601. The Morgan fingerprint density at radius 3 is 2.84 bits per heavy atom. The predicted molar refractivity (Wildman–Crippen MR) is 81.3 cm³/mol. The van der Waals surface area contributed by atoms with Gasteiger partial charge in [-0.1, -0.05) is 42.6 Å². The number of nitrogens with zero attached hydrogens (tertiary/aromatic N) is 4. The topological polar surface area (TPSA) is 34.0 Å². The Morgan fingerprint density at radius 2 is 2.16 bits per heavy atom. The molecule has 19 heavy (non-hydrogen) atoms. The summed E-state index contributed by atoms with van der Waals surface area (Å²) in [6.07, 6.45) is 6.94. The number of hydrogen-bond donors (Lipinski definition) is 0. The van der Waals surface area contributed by atoms with Crippen molar-refractivity contribution in [3.63, 3.8) is 0 Å². The van der Waals surface area contributed by atoms with E-state index in [9.17, 15) is 0 Å². The maximum absolute atomic E-state index is 4.42. The van der Waals surface area contributed by atoms with E-state index in [1.807, 2.05) is 4.68 Å². The first-order chi connectivity index (χ1) is 9.08. The highest BCUT2D eigenvalue weighted by Crippen LogP contribution is 2.28. The van der Waals surface area contributed by atoms with Crippen molar-refractivity contribution in [1.82, 2.24) is 19.7 Å². The third-order valence-electron chi connectivity index (χ3n) is 3.84. The number of alkyl halides is 1. The van der Waals surface area contributed by atoms with Crippen molar-refractivity contribution in [2.24, 2.45) is 5.92 Å². The number of aromatic nitrogens is 3. The SMILES string of the molecule is CC(C)Cn1ncnc1CN(C)C1CCCCC1Br. The van der Waals surface area contributed by atoms with E-state index in [0.29, 0.717) is 16.8 Å². The van der Waals surface area contributed by atoms with Gasteiger partial charge in [0, 0.05) is 17.4 Å². The van der Waals surface area contributed by atoms with E-state index in [0.717, 1.165) is 18.9 Å². The van der Waals surface area contributed by atoms with Gasteiger partial charge in [0.05, 0.1) is 6.54 Å². The summed E-state index contributed by atoms with van der Waals surface area (Å²) in [7, 11) is 2.21. The van der Waals surface area contributed by atoms with Crippen LogP contribution in [-0.4, -0.2) is 37.6 Å². The molecule has 1 aliphatic rings. The smallest absolute Gasteiger partial charge is 0.141 e. The zero-order valence-corrected chi connectivity index (χ0v) is 13.8. The Kier molecular flexibility index (Phi) is 5.39. The van der Waals surface area contributed by atoms with E-state index >= 15 is 0 Å². The zero-order valence-electron chi connectivity index (χ0n) is 12.2. The molecule has 2 unspecified atom stereocenters. The summed E-state index contributed by atoms with van der Waals surface area (Å²) in [5, 5.41) is 4.34. The van der Waals surface area contributed by atoms with Crippen LogP contribution >= 0.6 is 15.9 Å². The lowest BCUT2D eigenvalue weighted by Crippen LogP contribution is -2.40. The highest BCUT2D eigenvalue weighted by molar-refractivity contribution is 9.09. The van der Waals surface area contributed by atoms with E-state index in [2.05, 4.69) is 51.8 Å². The Morgan fingerprint density at radius 1 is 1.42 bits per heavy atom. The van der Waals surface area contributed by atoms with Crippen LogP contribution < -0.4 is 0 Å². The first-order valence-corrected chi connectivity index (χ1v) is 8.20. The molecule has 0 spiro atoms. The Balaban J connectivity index is 1.98. The average molecular weight is 329 g/mol. The molecule has 0 N–H and O–H groups in total. The van der Waals surface area contributed by atoms with Crippen molar-refractivity contribution < 1.29 is 0 Å². The van der Waals surface area contributed by atoms with Crippen LogP contribution in [0.15, 0.2) is 6.33 Å². The standard InChI is InChI=1S/C14H25BrN4/c1-11(2)8-19-14(16-10-17-19)9-18(3)13-7-5-4-6-12(13)15/h10-13H,4-9H2,1-3H3. The van der Waals surface area contributed by atoms with Crippen LogP contribution in [0.1, 0.15) is 45.4 Å². The lowest BCUT2D eigenvalue weighted by Gasteiger charge is -2.34. The molecule has 1 heterocycles. The van der Waals surface area contributed by atoms with Crippen molar-refractivity contribution in [3.8, 4) is 0 Å². The Bertz CT molecular complexity index is 391. The summed E-state index contributed by atoms with van der Waals surface area (Å²) in [6.45, 7) is 6.26. The minimum Gasteiger partial charge on any atom is -0.295 e. The second kappa shape index (κ2) is 6.84. The molecule has 1 aliphatic carbocycles. The van der Waals surface area contributed by atoms with E-state index in [1.165, 1.54) is 25.7 Å². The highest BCUT2D eigenvalue weighted by atomic mass is 79.9. The summed E-state index contributed by atoms with van der Waals surface area (Å²) < 4.78 is 2.05. The quantitative estimate of drug-likeness (QED) is 0.779. The molecule has 2 atom stereocenters. The molecule has 0 bridgehead atoms. The summed E-state index contributed by atoms with van der Waals surface area (Å²) in [6, 6.07) is 0.623. The largest absolute Gasteiger partial charge is 0.295 e. The van der Waals surface area contributed by atoms with Gasteiger partial charge in [0.25, 0.3) is 0 Å². The number of halogens is 1. The van der Waals surface area contributed by atoms with Gasteiger partial charge in [-0.05, 0) is 25.8 Å². The molecule has 1 aromatic rings. The maximum atomic E-state index is 4.42. The number of hydrogen-bond acceptors (Lipinski definition) is 3. The van der Waals surface area contributed by atoms with Gasteiger partial charge in [-0.2, -0.15) is 5.10 Å². The lowest BCUT2D eigenvalue weighted by atomic mass is 9.94. The molecular weight excluding hydrogens is 304 g/mol. The maximum Gasteiger partial charge on any atom is 0.141 e. The Hall–Kier alpha value is -0.420. The fraction of sp³-hybridized carbons (Fsp3) is 0.857. The van der Waals surface area contributed by atoms with Crippen LogP contribution in [0, 0.1) is 5.92 Å². The van der Waals surface area contributed by atoms with Crippen LogP contribution in [0.2, 0.25) is 0 Å². The number of rotatable bonds is 5.